The Morgan fingerprint density at radius 2 is 2.55 bits per heavy atom. The third kappa shape index (κ3) is 2.42. The number of furan rings is 1. The predicted octanol–water partition coefficient (Wildman–Crippen LogP) is 2.56. The van der Waals surface area contributed by atoms with E-state index in [1.807, 2.05) is 6.92 Å². The minimum atomic E-state index is 0.0249. The van der Waals surface area contributed by atoms with Gasteiger partial charge < -0.3 is 4.42 Å². The van der Waals surface area contributed by atoms with Crippen LogP contribution in [0.25, 0.3) is 0 Å². The van der Waals surface area contributed by atoms with Crippen LogP contribution in [0.3, 0.4) is 0 Å². The van der Waals surface area contributed by atoms with Gasteiger partial charge in [-0.15, -0.1) is 0 Å². The fourth-order valence-electron chi connectivity index (χ4n) is 0.661. The van der Waals surface area contributed by atoms with Gasteiger partial charge in [0.05, 0.1) is 6.26 Å². The van der Waals surface area contributed by atoms with Gasteiger partial charge in [-0.25, -0.2) is 0 Å². The lowest BCUT2D eigenvalue weighted by molar-refractivity contribution is 0.106. The van der Waals surface area contributed by atoms with Crippen LogP contribution in [0.1, 0.15) is 23.9 Å². The molecule has 1 heterocycles. The third-order valence-electron chi connectivity index (χ3n) is 1.16. The molecule has 0 aliphatic heterocycles. The van der Waals surface area contributed by atoms with Crippen LogP contribution < -0.4 is 0 Å². The molecule has 0 saturated heterocycles. The molecule has 1 aromatic rings. The topological polar surface area (TPSA) is 30.2 Å². The molecule has 0 fully saturated rings. The summed E-state index contributed by atoms with van der Waals surface area (Å²) < 4.78 is 4.92. The Kier molecular flexibility index (Phi) is 3.23. The van der Waals surface area contributed by atoms with Gasteiger partial charge in [-0.1, -0.05) is 18.7 Å². The summed E-state index contributed by atoms with van der Waals surface area (Å²) >= 11 is 1.30. The van der Waals surface area contributed by atoms with Gasteiger partial charge in [0, 0.05) is 5.75 Å². The van der Waals surface area contributed by atoms with Crippen molar-refractivity contribution in [2.24, 2.45) is 0 Å². The maximum atomic E-state index is 11.1. The predicted molar refractivity (Wildman–Crippen MR) is 45.8 cm³/mol. The maximum Gasteiger partial charge on any atom is 0.254 e. The minimum absolute atomic E-state index is 0.0249. The van der Waals surface area contributed by atoms with Crippen LogP contribution in [-0.2, 0) is 0 Å². The van der Waals surface area contributed by atoms with E-state index in [0.29, 0.717) is 5.76 Å². The standard InChI is InChI=1S/C8H10O2S/c1-2-6-11-8(9)7-4-3-5-10-7/h3-5H,2,6H2,1H3. The molecule has 2 nitrogen and oxygen atoms in total. The second kappa shape index (κ2) is 4.23. The fourth-order valence-corrected chi connectivity index (χ4v) is 1.31. The lowest BCUT2D eigenvalue weighted by atomic mass is 10.5. The zero-order chi connectivity index (χ0) is 8.10. The van der Waals surface area contributed by atoms with Crippen molar-refractivity contribution in [1.82, 2.24) is 0 Å². The molecule has 0 aromatic carbocycles. The van der Waals surface area contributed by atoms with Gasteiger partial charge in [-0.05, 0) is 18.6 Å². The molecule has 1 aromatic heterocycles. The number of hydrogen-bond acceptors (Lipinski definition) is 3. The highest BCUT2D eigenvalue weighted by Crippen LogP contribution is 2.12. The summed E-state index contributed by atoms with van der Waals surface area (Å²) in [7, 11) is 0. The lowest BCUT2D eigenvalue weighted by Gasteiger charge is -1.92. The van der Waals surface area contributed by atoms with E-state index in [9.17, 15) is 4.79 Å². The largest absolute Gasteiger partial charge is 0.460 e. The number of thioether (sulfide) groups is 1. The van der Waals surface area contributed by atoms with Crippen LogP contribution in [-0.4, -0.2) is 10.9 Å². The summed E-state index contributed by atoms with van der Waals surface area (Å²) in [6.45, 7) is 2.04. The summed E-state index contributed by atoms with van der Waals surface area (Å²) in [5.41, 5.74) is 0. The van der Waals surface area contributed by atoms with Crippen molar-refractivity contribution in [2.45, 2.75) is 13.3 Å². The van der Waals surface area contributed by atoms with Gasteiger partial charge in [0.15, 0.2) is 5.76 Å². The maximum absolute atomic E-state index is 11.1. The van der Waals surface area contributed by atoms with Gasteiger partial charge in [-0.3, -0.25) is 4.79 Å². The number of carbonyl (C=O) groups excluding carboxylic acids is 1. The number of rotatable bonds is 3. The molecule has 0 radical (unpaired) electrons. The molecule has 0 spiro atoms. The molecule has 0 aliphatic rings. The van der Waals surface area contributed by atoms with E-state index >= 15 is 0 Å². The molecule has 0 bridgehead atoms. The van der Waals surface area contributed by atoms with E-state index in [1.165, 1.54) is 18.0 Å². The van der Waals surface area contributed by atoms with Crippen molar-refractivity contribution in [3.05, 3.63) is 24.2 Å². The summed E-state index contributed by atoms with van der Waals surface area (Å²) in [5, 5.41) is 0.0249. The fraction of sp³-hybridized carbons (Fsp3) is 0.375. The normalized spacial score (nSPS) is 9.91. The van der Waals surface area contributed by atoms with Crippen molar-refractivity contribution in [3.8, 4) is 0 Å². The summed E-state index contributed by atoms with van der Waals surface area (Å²) in [6.07, 6.45) is 2.52. The highest BCUT2D eigenvalue weighted by molar-refractivity contribution is 8.14. The Balaban J connectivity index is 2.43. The first-order valence-corrected chi connectivity index (χ1v) is 4.53. The zero-order valence-electron chi connectivity index (χ0n) is 6.37. The van der Waals surface area contributed by atoms with Gasteiger partial charge in [-0.2, -0.15) is 0 Å². The van der Waals surface area contributed by atoms with Gasteiger partial charge in [0.2, 0.25) is 0 Å². The first kappa shape index (κ1) is 8.40. The molecule has 3 heteroatoms. The third-order valence-corrected chi connectivity index (χ3v) is 2.24. The van der Waals surface area contributed by atoms with Crippen LogP contribution in [0.2, 0.25) is 0 Å². The monoisotopic (exact) mass is 170 g/mol. The van der Waals surface area contributed by atoms with Crippen LogP contribution in [0.5, 0.6) is 0 Å². The smallest absolute Gasteiger partial charge is 0.254 e. The first-order chi connectivity index (χ1) is 5.34. The van der Waals surface area contributed by atoms with E-state index in [-0.39, 0.29) is 5.12 Å². The van der Waals surface area contributed by atoms with Crippen LogP contribution in [0.15, 0.2) is 22.8 Å². The SMILES string of the molecule is CCCSC(=O)c1ccco1. The minimum Gasteiger partial charge on any atom is -0.460 e. The van der Waals surface area contributed by atoms with Crippen molar-refractivity contribution in [3.63, 3.8) is 0 Å². The van der Waals surface area contributed by atoms with Crippen LogP contribution >= 0.6 is 11.8 Å². The van der Waals surface area contributed by atoms with Crippen molar-refractivity contribution < 1.29 is 9.21 Å². The van der Waals surface area contributed by atoms with Crippen LogP contribution in [0.4, 0.5) is 0 Å². The molecule has 0 saturated carbocycles. The van der Waals surface area contributed by atoms with E-state index in [2.05, 4.69) is 0 Å². The molecule has 0 aliphatic carbocycles. The van der Waals surface area contributed by atoms with Gasteiger partial charge in [0.1, 0.15) is 0 Å². The van der Waals surface area contributed by atoms with E-state index in [1.54, 1.807) is 12.1 Å². The molecular weight excluding hydrogens is 160 g/mol. The molecule has 0 amide bonds. The second-order valence-corrected chi connectivity index (χ2v) is 3.18. The quantitative estimate of drug-likeness (QED) is 0.698. The van der Waals surface area contributed by atoms with Gasteiger partial charge >= 0.3 is 0 Å². The summed E-state index contributed by atoms with van der Waals surface area (Å²) in [6, 6.07) is 3.41. The summed E-state index contributed by atoms with van der Waals surface area (Å²) in [4.78, 5) is 11.1. The summed E-state index contributed by atoms with van der Waals surface area (Å²) in [5.74, 6) is 1.31. The lowest BCUT2D eigenvalue weighted by Crippen LogP contribution is -1.91. The molecular formula is C8H10O2S. The molecule has 0 atom stereocenters. The second-order valence-electron chi connectivity index (χ2n) is 2.11. The average Bonchev–Trinajstić information content (AvgIpc) is 2.52. The van der Waals surface area contributed by atoms with Crippen molar-refractivity contribution in [2.75, 3.05) is 5.75 Å². The van der Waals surface area contributed by atoms with Gasteiger partial charge in [0.25, 0.3) is 5.12 Å². The Morgan fingerprint density at radius 3 is 3.09 bits per heavy atom. The van der Waals surface area contributed by atoms with E-state index in [4.69, 9.17) is 4.42 Å². The zero-order valence-corrected chi connectivity index (χ0v) is 7.19. The first-order valence-electron chi connectivity index (χ1n) is 3.55. The number of hydrogen-bond donors (Lipinski definition) is 0. The molecule has 11 heavy (non-hydrogen) atoms. The van der Waals surface area contributed by atoms with E-state index < -0.39 is 0 Å². The molecule has 0 unspecified atom stereocenters. The highest BCUT2D eigenvalue weighted by Gasteiger charge is 2.07. The van der Waals surface area contributed by atoms with Crippen molar-refractivity contribution in [1.29, 1.82) is 0 Å². The van der Waals surface area contributed by atoms with Crippen molar-refractivity contribution >= 4 is 16.9 Å². The molecule has 1 rings (SSSR count). The Bertz CT molecular complexity index is 216. The average molecular weight is 170 g/mol. The van der Waals surface area contributed by atoms with Crippen LogP contribution in [0, 0.1) is 0 Å². The van der Waals surface area contributed by atoms with E-state index in [0.717, 1.165) is 12.2 Å². The Hall–Kier alpha value is -0.700. The highest BCUT2D eigenvalue weighted by atomic mass is 32.2. The number of carbonyl (C=O) groups is 1. The Labute approximate surface area is 70.0 Å². The Morgan fingerprint density at radius 1 is 1.73 bits per heavy atom. The molecule has 0 N–H and O–H groups in total. The molecule has 60 valence electrons.